The van der Waals surface area contributed by atoms with Crippen molar-refractivity contribution < 1.29 is 14.1 Å². The lowest BCUT2D eigenvalue weighted by Gasteiger charge is -2.35. The van der Waals surface area contributed by atoms with Crippen LogP contribution in [-0.2, 0) is 4.74 Å². The molecule has 2 saturated heterocycles. The lowest BCUT2D eigenvalue weighted by atomic mass is 10.1. The fraction of sp³-hybridized carbons (Fsp3) is 0.714. The Bertz CT molecular complexity index is 460. The number of aryl methyl sites for hydroxylation is 1. The Hall–Kier alpha value is -1.40. The van der Waals surface area contributed by atoms with Crippen molar-refractivity contribution >= 4 is 5.91 Å². The molecule has 0 bridgehead atoms. The maximum absolute atomic E-state index is 12.2. The van der Waals surface area contributed by atoms with Crippen molar-refractivity contribution in [3.63, 3.8) is 0 Å². The van der Waals surface area contributed by atoms with Crippen molar-refractivity contribution in [1.29, 1.82) is 0 Å². The van der Waals surface area contributed by atoms with Crippen LogP contribution in [0.15, 0.2) is 10.6 Å². The van der Waals surface area contributed by atoms with E-state index < -0.39 is 0 Å². The van der Waals surface area contributed by atoms with Crippen molar-refractivity contribution in [1.82, 2.24) is 15.0 Å². The molecule has 3 heterocycles. The lowest BCUT2D eigenvalue weighted by Crippen LogP contribution is -2.49. The van der Waals surface area contributed by atoms with E-state index in [-0.39, 0.29) is 5.91 Å². The minimum atomic E-state index is -0.0468. The Kier molecular flexibility index (Phi) is 4.03. The van der Waals surface area contributed by atoms with E-state index in [1.54, 1.807) is 6.07 Å². The number of rotatable bonds is 3. The van der Waals surface area contributed by atoms with Crippen molar-refractivity contribution in [2.24, 2.45) is 5.92 Å². The first-order chi connectivity index (χ1) is 9.72. The predicted molar refractivity (Wildman–Crippen MR) is 72.5 cm³/mol. The van der Waals surface area contributed by atoms with Gasteiger partial charge in [0.1, 0.15) is 0 Å². The summed E-state index contributed by atoms with van der Waals surface area (Å²) in [5.41, 5.74) is 0.744. The average Bonchev–Trinajstić information content (AvgIpc) is 3.10. The van der Waals surface area contributed by atoms with E-state index in [4.69, 9.17) is 9.26 Å². The molecule has 0 aromatic carbocycles. The molecule has 20 heavy (non-hydrogen) atoms. The van der Waals surface area contributed by atoms with Crippen LogP contribution in [0.1, 0.15) is 22.7 Å². The Balaban J connectivity index is 1.49. The number of aromatic nitrogens is 1. The number of carbonyl (C=O) groups is 1. The molecule has 2 aliphatic heterocycles. The molecule has 0 N–H and O–H groups in total. The number of hydrogen-bond acceptors (Lipinski definition) is 5. The maximum atomic E-state index is 12.2. The first-order valence-electron chi connectivity index (χ1n) is 7.25. The van der Waals surface area contributed by atoms with Gasteiger partial charge in [0.15, 0.2) is 0 Å². The highest BCUT2D eigenvalue weighted by atomic mass is 16.5. The van der Waals surface area contributed by atoms with Crippen molar-refractivity contribution in [3.05, 3.63) is 17.5 Å². The highest BCUT2D eigenvalue weighted by Gasteiger charge is 2.26. The third-order valence-corrected chi connectivity index (χ3v) is 4.04. The smallest absolute Gasteiger partial charge is 0.292 e. The second kappa shape index (κ2) is 5.93. The molecular weight excluding hydrogens is 258 g/mol. The monoisotopic (exact) mass is 279 g/mol. The molecular formula is C14H21N3O3. The van der Waals surface area contributed by atoms with Gasteiger partial charge in [-0.15, -0.1) is 0 Å². The molecule has 0 radical (unpaired) electrons. The van der Waals surface area contributed by atoms with Crippen LogP contribution in [0.3, 0.4) is 0 Å². The van der Waals surface area contributed by atoms with Crippen molar-refractivity contribution in [3.8, 4) is 0 Å². The molecule has 6 nitrogen and oxygen atoms in total. The first kappa shape index (κ1) is 13.6. The summed E-state index contributed by atoms with van der Waals surface area (Å²) in [6, 6.07) is 1.70. The Morgan fingerprint density at radius 3 is 2.80 bits per heavy atom. The molecule has 1 aromatic rings. The Morgan fingerprint density at radius 1 is 1.40 bits per heavy atom. The molecule has 1 unspecified atom stereocenters. The van der Waals surface area contributed by atoms with E-state index in [1.807, 2.05) is 11.8 Å². The van der Waals surface area contributed by atoms with Gasteiger partial charge in [-0.1, -0.05) is 5.16 Å². The van der Waals surface area contributed by atoms with E-state index in [0.717, 1.165) is 58.1 Å². The van der Waals surface area contributed by atoms with Crippen LogP contribution in [0.5, 0.6) is 0 Å². The minimum Gasteiger partial charge on any atom is -0.381 e. The van der Waals surface area contributed by atoms with Gasteiger partial charge in [-0.25, -0.2) is 0 Å². The molecule has 0 aliphatic carbocycles. The maximum Gasteiger partial charge on any atom is 0.292 e. The summed E-state index contributed by atoms with van der Waals surface area (Å²) >= 11 is 0. The van der Waals surface area contributed by atoms with Crippen LogP contribution in [0.4, 0.5) is 0 Å². The van der Waals surface area contributed by atoms with E-state index in [1.165, 1.54) is 0 Å². The minimum absolute atomic E-state index is 0.0468. The number of amides is 1. The normalized spacial score (nSPS) is 24.2. The average molecular weight is 279 g/mol. The topological polar surface area (TPSA) is 58.8 Å². The third-order valence-electron chi connectivity index (χ3n) is 4.04. The van der Waals surface area contributed by atoms with Gasteiger partial charge < -0.3 is 14.2 Å². The number of hydrogen-bond donors (Lipinski definition) is 0. The number of piperazine rings is 1. The zero-order valence-electron chi connectivity index (χ0n) is 11.9. The summed E-state index contributed by atoms with van der Waals surface area (Å²) in [6.45, 7) is 8.05. The lowest BCUT2D eigenvalue weighted by molar-refractivity contribution is 0.0573. The van der Waals surface area contributed by atoms with Crippen LogP contribution in [0, 0.1) is 12.8 Å². The van der Waals surface area contributed by atoms with Gasteiger partial charge in [0.05, 0.1) is 12.3 Å². The number of nitrogens with zero attached hydrogens (tertiary/aromatic N) is 3. The molecule has 0 spiro atoms. The summed E-state index contributed by atoms with van der Waals surface area (Å²) in [6.07, 6.45) is 1.16. The van der Waals surface area contributed by atoms with Crippen molar-refractivity contribution in [2.75, 3.05) is 45.9 Å². The summed E-state index contributed by atoms with van der Waals surface area (Å²) in [7, 11) is 0. The van der Waals surface area contributed by atoms with Crippen LogP contribution < -0.4 is 0 Å². The fourth-order valence-corrected chi connectivity index (χ4v) is 2.85. The highest BCUT2D eigenvalue weighted by molar-refractivity contribution is 5.91. The third kappa shape index (κ3) is 3.02. The van der Waals surface area contributed by atoms with Crippen LogP contribution in [0.25, 0.3) is 0 Å². The largest absolute Gasteiger partial charge is 0.381 e. The van der Waals surface area contributed by atoms with Crippen LogP contribution >= 0.6 is 0 Å². The van der Waals surface area contributed by atoms with E-state index >= 15 is 0 Å². The van der Waals surface area contributed by atoms with Gasteiger partial charge in [0.2, 0.25) is 5.76 Å². The molecule has 1 atom stereocenters. The number of ether oxygens (including phenoxy) is 1. The molecule has 1 amide bonds. The van der Waals surface area contributed by atoms with Crippen molar-refractivity contribution in [2.45, 2.75) is 13.3 Å². The van der Waals surface area contributed by atoms with Gasteiger partial charge in [0.25, 0.3) is 5.91 Å². The second-order valence-electron chi connectivity index (χ2n) is 5.65. The molecule has 1 aromatic heterocycles. The standard InChI is InChI=1S/C14H21N3O3/c1-11-8-13(20-15-11)14(18)17-5-3-16(4-6-17)9-12-2-7-19-10-12/h8,12H,2-7,9-10H2,1H3. The summed E-state index contributed by atoms with van der Waals surface area (Å²) in [5, 5.41) is 3.77. The van der Waals surface area contributed by atoms with E-state index in [9.17, 15) is 4.79 Å². The summed E-state index contributed by atoms with van der Waals surface area (Å²) < 4.78 is 10.4. The van der Waals surface area contributed by atoms with Gasteiger partial charge in [-0.3, -0.25) is 9.69 Å². The second-order valence-corrected chi connectivity index (χ2v) is 5.65. The zero-order valence-corrected chi connectivity index (χ0v) is 11.9. The van der Waals surface area contributed by atoms with Crippen LogP contribution in [0.2, 0.25) is 0 Å². The summed E-state index contributed by atoms with van der Waals surface area (Å²) in [5.74, 6) is 0.962. The molecule has 110 valence electrons. The number of carbonyl (C=O) groups excluding carboxylic acids is 1. The summed E-state index contributed by atoms with van der Waals surface area (Å²) in [4.78, 5) is 16.5. The molecule has 3 rings (SSSR count). The Labute approximate surface area is 118 Å². The predicted octanol–water partition coefficient (Wildman–Crippen LogP) is 0.777. The van der Waals surface area contributed by atoms with Gasteiger partial charge in [0, 0.05) is 45.4 Å². The highest BCUT2D eigenvalue weighted by Crippen LogP contribution is 2.16. The van der Waals surface area contributed by atoms with Gasteiger partial charge in [-0.2, -0.15) is 0 Å². The van der Waals surface area contributed by atoms with Crippen LogP contribution in [-0.4, -0.2) is 66.8 Å². The molecule has 6 heteroatoms. The molecule has 2 aliphatic rings. The first-order valence-corrected chi connectivity index (χ1v) is 7.25. The quantitative estimate of drug-likeness (QED) is 0.818. The van der Waals surface area contributed by atoms with Gasteiger partial charge >= 0.3 is 0 Å². The zero-order chi connectivity index (χ0) is 13.9. The van der Waals surface area contributed by atoms with E-state index in [2.05, 4.69) is 10.1 Å². The van der Waals surface area contributed by atoms with E-state index in [0.29, 0.717) is 11.7 Å². The molecule has 0 saturated carbocycles. The molecule has 2 fully saturated rings. The fourth-order valence-electron chi connectivity index (χ4n) is 2.85. The Morgan fingerprint density at radius 2 is 2.20 bits per heavy atom. The SMILES string of the molecule is Cc1cc(C(=O)N2CCN(CC3CCOC3)CC2)on1. The van der Waals surface area contributed by atoms with Gasteiger partial charge in [-0.05, 0) is 19.3 Å².